The molecule has 1 aliphatic rings. The van der Waals surface area contributed by atoms with Crippen LogP contribution in [0.2, 0.25) is 5.02 Å². The zero-order chi connectivity index (χ0) is 22.2. The number of halogens is 1. The molecule has 0 spiro atoms. The van der Waals surface area contributed by atoms with Crippen molar-refractivity contribution in [2.24, 2.45) is 5.41 Å². The Morgan fingerprint density at radius 1 is 1.31 bits per heavy atom. The van der Waals surface area contributed by atoms with E-state index in [1.54, 1.807) is 39.8 Å². The number of hydrogen-bond acceptors (Lipinski definition) is 6. The van der Waals surface area contributed by atoms with Gasteiger partial charge >= 0.3 is 12.1 Å². The summed E-state index contributed by atoms with van der Waals surface area (Å²) in [5.41, 5.74) is -4.45. The van der Waals surface area contributed by atoms with E-state index in [9.17, 15) is 19.6 Å². The largest absolute Gasteiger partial charge is 0.465 e. The number of amides is 2. The Bertz CT molecular complexity index is 904. The van der Waals surface area contributed by atoms with Gasteiger partial charge in [-0.25, -0.2) is 4.79 Å². The second-order valence-electron chi connectivity index (χ2n) is 7.86. The van der Waals surface area contributed by atoms with Gasteiger partial charge in [0.2, 0.25) is 0 Å². The summed E-state index contributed by atoms with van der Waals surface area (Å²) >= 11 is 6.15. The van der Waals surface area contributed by atoms with Gasteiger partial charge in [0.25, 0.3) is 5.91 Å². The Labute approximate surface area is 174 Å². The lowest BCUT2D eigenvalue weighted by atomic mass is 9.68. The minimum absolute atomic E-state index is 0.00888. The lowest BCUT2D eigenvalue weighted by molar-refractivity contribution is -0.158. The molecule has 0 radical (unpaired) electrons. The van der Waals surface area contributed by atoms with Gasteiger partial charge in [-0.3, -0.25) is 9.59 Å². The van der Waals surface area contributed by atoms with E-state index in [-0.39, 0.29) is 17.2 Å². The second-order valence-corrected chi connectivity index (χ2v) is 8.30. The summed E-state index contributed by atoms with van der Waals surface area (Å²) in [6.45, 7) is 7.79. The molecule has 2 atom stereocenters. The smallest absolute Gasteiger partial charge is 0.408 e. The standard InChI is InChI=1S/C20H24ClN3O5/c1-7-28-16(26)19(5,11-22)20(23-17(27)29-18(2,3)4)13-10-12(21)8-9-14(13)24(6)15(20)25/h8-10H,7H2,1-6H3,(H,23,27). The van der Waals surface area contributed by atoms with Gasteiger partial charge in [0.1, 0.15) is 5.60 Å². The quantitative estimate of drug-likeness (QED) is 0.748. The fourth-order valence-corrected chi connectivity index (χ4v) is 3.49. The van der Waals surface area contributed by atoms with Crippen molar-refractivity contribution in [3.05, 3.63) is 28.8 Å². The van der Waals surface area contributed by atoms with Crippen LogP contribution in [0.4, 0.5) is 10.5 Å². The first-order chi connectivity index (χ1) is 13.3. The molecule has 2 unspecified atom stereocenters. The summed E-state index contributed by atoms with van der Waals surface area (Å²) in [6, 6.07) is 6.49. The Kier molecular flexibility index (Phi) is 5.87. The molecule has 1 aliphatic heterocycles. The number of nitriles is 1. The van der Waals surface area contributed by atoms with Crippen molar-refractivity contribution < 1.29 is 23.9 Å². The van der Waals surface area contributed by atoms with Crippen molar-refractivity contribution in [1.29, 1.82) is 5.26 Å². The Morgan fingerprint density at radius 3 is 2.45 bits per heavy atom. The summed E-state index contributed by atoms with van der Waals surface area (Å²) in [4.78, 5) is 40.3. The molecular formula is C20H24ClN3O5. The summed E-state index contributed by atoms with van der Waals surface area (Å²) < 4.78 is 10.4. The van der Waals surface area contributed by atoms with Crippen molar-refractivity contribution >= 4 is 35.3 Å². The zero-order valence-electron chi connectivity index (χ0n) is 17.3. The first-order valence-electron chi connectivity index (χ1n) is 9.02. The highest BCUT2D eigenvalue weighted by molar-refractivity contribution is 6.31. The molecule has 0 saturated heterocycles. The number of hydrogen-bond donors (Lipinski definition) is 1. The molecule has 8 nitrogen and oxygen atoms in total. The number of carbonyl (C=O) groups is 3. The number of benzene rings is 1. The molecule has 1 N–H and O–H groups in total. The fraction of sp³-hybridized carbons (Fsp3) is 0.500. The van der Waals surface area contributed by atoms with E-state index < -0.39 is 34.5 Å². The Morgan fingerprint density at radius 2 is 1.93 bits per heavy atom. The summed E-state index contributed by atoms with van der Waals surface area (Å²) in [7, 11) is 1.48. The number of anilines is 1. The summed E-state index contributed by atoms with van der Waals surface area (Å²) in [6.07, 6.45) is -0.960. The van der Waals surface area contributed by atoms with Crippen molar-refractivity contribution in [3.63, 3.8) is 0 Å². The van der Waals surface area contributed by atoms with E-state index in [1.807, 2.05) is 6.07 Å². The summed E-state index contributed by atoms with van der Waals surface area (Å²) in [5.74, 6) is -1.63. The maximum Gasteiger partial charge on any atom is 0.408 e. The number of nitrogens with one attached hydrogen (secondary N) is 1. The molecular weight excluding hydrogens is 398 g/mol. The molecule has 0 aliphatic carbocycles. The van der Waals surface area contributed by atoms with Crippen LogP contribution in [-0.2, 0) is 24.6 Å². The SMILES string of the molecule is CCOC(=O)C(C)(C#N)C1(NC(=O)OC(C)(C)C)C(=O)N(C)c2ccc(Cl)cc21. The van der Waals surface area contributed by atoms with Gasteiger partial charge in [0, 0.05) is 23.3 Å². The van der Waals surface area contributed by atoms with Crippen molar-refractivity contribution in [2.45, 2.75) is 45.8 Å². The number of nitrogens with zero attached hydrogens (tertiary/aromatic N) is 2. The second kappa shape index (κ2) is 7.56. The number of rotatable bonds is 4. The van der Waals surface area contributed by atoms with Gasteiger partial charge in [0.15, 0.2) is 11.0 Å². The van der Waals surface area contributed by atoms with Crippen LogP contribution in [0.15, 0.2) is 18.2 Å². The molecule has 1 aromatic carbocycles. The van der Waals surface area contributed by atoms with E-state index in [0.29, 0.717) is 5.69 Å². The number of fused-ring (bicyclic) bond motifs is 1. The van der Waals surface area contributed by atoms with E-state index in [4.69, 9.17) is 21.1 Å². The van der Waals surface area contributed by atoms with E-state index in [2.05, 4.69) is 5.32 Å². The van der Waals surface area contributed by atoms with Gasteiger partial charge in [-0.15, -0.1) is 0 Å². The fourth-order valence-electron chi connectivity index (χ4n) is 3.32. The predicted octanol–water partition coefficient (Wildman–Crippen LogP) is 3.13. The molecule has 9 heteroatoms. The van der Waals surface area contributed by atoms with E-state index >= 15 is 0 Å². The molecule has 0 aromatic heterocycles. The Balaban J connectivity index is 2.79. The first kappa shape index (κ1) is 22.5. The lowest BCUT2D eigenvalue weighted by Gasteiger charge is -2.39. The van der Waals surface area contributed by atoms with Crippen LogP contribution in [0.1, 0.15) is 40.2 Å². The van der Waals surface area contributed by atoms with Crippen LogP contribution in [-0.4, -0.2) is 37.2 Å². The monoisotopic (exact) mass is 421 g/mol. The summed E-state index contributed by atoms with van der Waals surface area (Å²) in [5, 5.41) is 12.8. The van der Waals surface area contributed by atoms with Gasteiger partial charge in [0.05, 0.1) is 12.7 Å². The third kappa shape index (κ3) is 3.62. The highest BCUT2D eigenvalue weighted by Crippen LogP contribution is 2.51. The Hall–Kier alpha value is -2.79. The number of alkyl carbamates (subject to hydrolysis) is 1. The number of likely N-dealkylation sites (N-methyl/N-ethyl adjacent to an activating group) is 1. The van der Waals surface area contributed by atoms with Crippen LogP contribution < -0.4 is 10.2 Å². The van der Waals surface area contributed by atoms with Crippen LogP contribution >= 0.6 is 11.6 Å². The van der Waals surface area contributed by atoms with Gasteiger partial charge in [-0.2, -0.15) is 5.26 Å². The maximum atomic E-state index is 13.5. The molecule has 1 aromatic rings. The van der Waals surface area contributed by atoms with Gasteiger partial charge in [-0.05, 0) is 52.8 Å². The number of ether oxygens (including phenoxy) is 2. The number of esters is 1. The molecule has 1 heterocycles. The van der Waals surface area contributed by atoms with Crippen molar-refractivity contribution in [1.82, 2.24) is 5.32 Å². The molecule has 0 fully saturated rings. The lowest BCUT2D eigenvalue weighted by Crippen LogP contribution is -2.64. The van der Waals surface area contributed by atoms with Gasteiger partial charge in [-0.1, -0.05) is 11.6 Å². The van der Waals surface area contributed by atoms with Gasteiger partial charge < -0.3 is 19.7 Å². The molecule has 156 valence electrons. The van der Waals surface area contributed by atoms with Crippen LogP contribution in [0.25, 0.3) is 0 Å². The van der Waals surface area contributed by atoms with Crippen LogP contribution in [0.3, 0.4) is 0 Å². The first-order valence-corrected chi connectivity index (χ1v) is 9.39. The van der Waals surface area contributed by atoms with Crippen LogP contribution in [0, 0.1) is 16.7 Å². The average Bonchev–Trinajstić information content (AvgIpc) is 2.82. The number of carbonyl (C=O) groups excluding carboxylic acids is 3. The minimum atomic E-state index is -2.10. The average molecular weight is 422 g/mol. The molecule has 2 rings (SSSR count). The molecule has 0 bridgehead atoms. The predicted molar refractivity (Wildman–Crippen MR) is 106 cm³/mol. The van der Waals surface area contributed by atoms with Crippen molar-refractivity contribution in [3.8, 4) is 6.07 Å². The maximum absolute atomic E-state index is 13.5. The third-order valence-corrected chi connectivity index (χ3v) is 4.93. The van der Waals surface area contributed by atoms with Crippen molar-refractivity contribution in [2.75, 3.05) is 18.6 Å². The highest BCUT2D eigenvalue weighted by atomic mass is 35.5. The van der Waals surface area contributed by atoms with E-state index in [1.165, 1.54) is 24.9 Å². The molecule has 29 heavy (non-hydrogen) atoms. The minimum Gasteiger partial charge on any atom is -0.465 e. The highest BCUT2D eigenvalue weighted by Gasteiger charge is 2.67. The normalized spacial score (nSPS) is 20.3. The molecule has 2 amide bonds. The topological polar surface area (TPSA) is 109 Å². The third-order valence-electron chi connectivity index (χ3n) is 4.70. The zero-order valence-corrected chi connectivity index (χ0v) is 18.0. The van der Waals surface area contributed by atoms with Crippen LogP contribution in [0.5, 0.6) is 0 Å². The van der Waals surface area contributed by atoms with E-state index in [0.717, 1.165) is 0 Å². The molecule has 0 saturated carbocycles.